The lowest BCUT2D eigenvalue weighted by Gasteiger charge is -2.06. The molecule has 4 rings (SSSR count). The Morgan fingerprint density at radius 3 is 2.70 bits per heavy atom. The number of nitro groups is 1. The van der Waals surface area contributed by atoms with Crippen molar-refractivity contribution >= 4 is 28.8 Å². The lowest BCUT2D eigenvalue weighted by molar-refractivity contribution is -0.385. The van der Waals surface area contributed by atoms with E-state index in [0.29, 0.717) is 16.4 Å². The molecule has 1 aliphatic carbocycles. The summed E-state index contributed by atoms with van der Waals surface area (Å²) in [6.45, 7) is 0. The van der Waals surface area contributed by atoms with E-state index in [1.807, 2.05) is 17.5 Å². The molecule has 1 aliphatic rings. The molecule has 0 N–H and O–H groups in total. The molecule has 0 atom stereocenters. The van der Waals surface area contributed by atoms with Crippen LogP contribution in [0.15, 0.2) is 40.2 Å². The maximum absolute atomic E-state index is 10.7. The summed E-state index contributed by atoms with van der Waals surface area (Å²) < 4.78 is 2.11. The summed E-state index contributed by atoms with van der Waals surface area (Å²) in [4.78, 5) is 19.2. The molecule has 0 radical (unpaired) electrons. The fourth-order valence-electron chi connectivity index (χ4n) is 2.12. The molecule has 23 heavy (non-hydrogen) atoms. The zero-order chi connectivity index (χ0) is 15.8. The third-order valence-electron chi connectivity index (χ3n) is 3.33. The van der Waals surface area contributed by atoms with Gasteiger partial charge in [-0.05, 0) is 36.0 Å². The maximum atomic E-state index is 10.7. The Hall–Kier alpha value is -2.33. The Kier molecular flexibility index (Phi) is 3.54. The van der Waals surface area contributed by atoms with Gasteiger partial charge in [0.05, 0.1) is 9.80 Å². The Morgan fingerprint density at radius 1 is 1.30 bits per heavy atom. The Balaban J connectivity index is 1.65. The van der Waals surface area contributed by atoms with Gasteiger partial charge in [0.2, 0.25) is 0 Å². The largest absolute Gasteiger partial charge is 0.305 e. The SMILES string of the molecule is O=[N+]([O-])c1cnc(Sc2nnc(-c3cccs3)n2C2CC2)nc1. The van der Waals surface area contributed by atoms with Gasteiger partial charge in [-0.3, -0.25) is 14.7 Å². The van der Waals surface area contributed by atoms with Gasteiger partial charge in [0.15, 0.2) is 16.1 Å². The monoisotopic (exact) mass is 346 g/mol. The van der Waals surface area contributed by atoms with Crippen LogP contribution in [-0.4, -0.2) is 29.7 Å². The van der Waals surface area contributed by atoms with Crippen molar-refractivity contribution < 1.29 is 4.92 Å². The van der Waals surface area contributed by atoms with E-state index < -0.39 is 4.92 Å². The molecule has 0 bridgehead atoms. The second-order valence-electron chi connectivity index (χ2n) is 4.97. The standard InChI is InChI=1S/C13H10N6O2S2/c20-19(21)9-6-14-12(15-7-9)23-13-17-16-11(10-2-1-5-22-10)18(13)8-3-4-8/h1-2,5-8H,3-4H2. The summed E-state index contributed by atoms with van der Waals surface area (Å²) in [5.41, 5.74) is -0.128. The minimum Gasteiger partial charge on any atom is -0.298 e. The van der Waals surface area contributed by atoms with Gasteiger partial charge in [-0.15, -0.1) is 21.5 Å². The van der Waals surface area contributed by atoms with Crippen LogP contribution in [0.25, 0.3) is 10.7 Å². The highest BCUT2D eigenvalue weighted by atomic mass is 32.2. The van der Waals surface area contributed by atoms with Gasteiger partial charge in [-0.2, -0.15) is 0 Å². The van der Waals surface area contributed by atoms with Crippen LogP contribution in [0, 0.1) is 10.1 Å². The van der Waals surface area contributed by atoms with Crippen molar-refractivity contribution in [3.8, 4) is 10.7 Å². The first-order chi connectivity index (χ1) is 11.2. The molecule has 8 nitrogen and oxygen atoms in total. The molecule has 10 heteroatoms. The molecule has 0 aliphatic heterocycles. The van der Waals surface area contributed by atoms with Crippen LogP contribution in [0.1, 0.15) is 18.9 Å². The first kappa shape index (κ1) is 14.3. The fourth-order valence-corrected chi connectivity index (χ4v) is 3.62. The Bertz CT molecular complexity index is 842. The summed E-state index contributed by atoms with van der Waals surface area (Å²) >= 11 is 2.89. The minimum atomic E-state index is -0.518. The van der Waals surface area contributed by atoms with Crippen molar-refractivity contribution in [1.82, 2.24) is 24.7 Å². The van der Waals surface area contributed by atoms with Crippen LogP contribution in [0.3, 0.4) is 0 Å². The highest BCUT2D eigenvalue weighted by Gasteiger charge is 2.31. The molecule has 0 spiro atoms. The lowest BCUT2D eigenvalue weighted by atomic mass is 10.4. The third kappa shape index (κ3) is 2.82. The Labute approximate surface area is 138 Å². The fraction of sp³-hybridized carbons (Fsp3) is 0.231. The van der Waals surface area contributed by atoms with Gasteiger partial charge in [0, 0.05) is 6.04 Å². The highest BCUT2D eigenvalue weighted by Crippen LogP contribution is 2.42. The van der Waals surface area contributed by atoms with Crippen LogP contribution in [0.4, 0.5) is 5.69 Å². The van der Waals surface area contributed by atoms with E-state index in [9.17, 15) is 10.1 Å². The second kappa shape index (κ2) is 5.70. The van der Waals surface area contributed by atoms with Crippen molar-refractivity contribution in [3.63, 3.8) is 0 Å². The van der Waals surface area contributed by atoms with E-state index in [0.717, 1.165) is 23.5 Å². The lowest BCUT2D eigenvalue weighted by Crippen LogP contribution is -1.99. The van der Waals surface area contributed by atoms with Crippen LogP contribution in [0.2, 0.25) is 0 Å². The van der Waals surface area contributed by atoms with E-state index in [-0.39, 0.29) is 5.69 Å². The second-order valence-corrected chi connectivity index (χ2v) is 6.85. The summed E-state index contributed by atoms with van der Waals surface area (Å²) in [5.74, 6) is 0.854. The van der Waals surface area contributed by atoms with E-state index in [1.54, 1.807) is 11.3 Å². The van der Waals surface area contributed by atoms with Crippen LogP contribution < -0.4 is 0 Å². The predicted molar refractivity (Wildman–Crippen MR) is 84.4 cm³/mol. The normalized spacial score (nSPS) is 14.1. The van der Waals surface area contributed by atoms with Crippen LogP contribution >= 0.6 is 23.1 Å². The van der Waals surface area contributed by atoms with Gasteiger partial charge in [-0.25, -0.2) is 9.97 Å². The summed E-state index contributed by atoms with van der Waals surface area (Å²) in [6.07, 6.45) is 4.61. The van der Waals surface area contributed by atoms with Crippen LogP contribution in [-0.2, 0) is 0 Å². The quantitative estimate of drug-likeness (QED) is 0.397. The molecule has 0 amide bonds. The van der Waals surface area contributed by atoms with Gasteiger partial charge >= 0.3 is 5.69 Å². The summed E-state index contributed by atoms with van der Waals surface area (Å²) in [7, 11) is 0. The van der Waals surface area contributed by atoms with Crippen molar-refractivity contribution in [2.24, 2.45) is 0 Å². The Morgan fingerprint density at radius 2 is 2.09 bits per heavy atom. The number of hydrogen-bond donors (Lipinski definition) is 0. The predicted octanol–water partition coefficient (Wildman–Crippen LogP) is 3.19. The smallest absolute Gasteiger partial charge is 0.298 e. The average Bonchev–Trinajstić information content (AvgIpc) is 3.08. The zero-order valence-electron chi connectivity index (χ0n) is 11.7. The molecular formula is C13H10N6O2S2. The summed E-state index contributed by atoms with van der Waals surface area (Å²) in [6, 6.07) is 4.41. The van der Waals surface area contributed by atoms with Crippen molar-refractivity contribution in [2.75, 3.05) is 0 Å². The van der Waals surface area contributed by atoms with Crippen molar-refractivity contribution in [3.05, 3.63) is 40.0 Å². The molecule has 0 aromatic carbocycles. The molecule has 3 aromatic heterocycles. The third-order valence-corrected chi connectivity index (χ3v) is 5.05. The average molecular weight is 346 g/mol. The number of thiophene rings is 1. The number of hydrogen-bond acceptors (Lipinski definition) is 8. The first-order valence-electron chi connectivity index (χ1n) is 6.85. The van der Waals surface area contributed by atoms with E-state index in [1.165, 1.54) is 24.2 Å². The van der Waals surface area contributed by atoms with Crippen LogP contribution in [0.5, 0.6) is 0 Å². The maximum Gasteiger partial charge on any atom is 0.305 e. The first-order valence-corrected chi connectivity index (χ1v) is 8.55. The number of nitrogens with zero attached hydrogens (tertiary/aromatic N) is 6. The minimum absolute atomic E-state index is 0.128. The van der Waals surface area contributed by atoms with Gasteiger partial charge in [-0.1, -0.05) is 6.07 Å². The molecule has 3 aromatic rings. The number of aromatic nitrogens is 5. The zero-order valence-corrected chi connectivity index (χ0v) is 13.3. The van der Waals surface area contributed by atoms with Gasteiger partial charge < -0.3 is 0 Å². The highest BCUT2D eigenvalue weighted by molar-refractivity contribution is 7.99. The van der Waals surface area contributed by atoms with Crippen molar-refractivity contribution in [1.29, 1.82) is 0 Å². The molecule has 1 fully saturated rings. The molecule has 3 heterocycles. The van der Waals surface area contributed by atoms with E-state index >= 15 is 0 Å². The van der Waals surface area contributed by atoms with E-state index in [2.05, 4.69) is 24.7 Å². The number of rotatable bonds is 5. The molecular weight excluding hydrogens is 336 g/mol. The summed E-state index contributed by atoms with van der Waals surface area (Å²) in [5, 5.41) is 22.3. The van der Waals surface area contributed by atoms with Gasteiger partial charge in [0.25, 0.3) is 0 Å². The molecule has 116 valence electrons. The topological polar surface area (TPSA) is 99.6 Å². The molecule has 1 saturated carbocycles. The van der Waals surface area contributed by atoms with E-state index in [4.69, 9.17) is 0 Å². The van der Waals surface area contributed by atoms with Crippen molar-refractivity contribution in [2.45, 2.75) is 29.2 Å². The van der Waals surface area contributed by atoms with Gasteiger partial charge in [0.1, 0.15) is 12.4 Å². The molecule has 0 unspecified atom stereocenters. The molecule has 0 saturated heterocycles.